The monoisotopic (exact) mass is 422 g/mol. The van der Waals surface area contributed by atoms with Crippen LogP contribution in [0.4, 0.5) is 0 Å². The average molecular weight is 423 g/mol. The number of halogens is 1. The Hall–Kier alpha value is -3.64. The molecule has 1 amide bonds. The number of hydrogen-bond acceptors (Lipinski definition) is 5. The van der Waals surface area contributed by atoms with E-state index in [9.17, 15) is 9.59 Å². The van der Waals surface area contributed by atoms with Crippen LogP contribution in [-0.4, -0.2) is 24.7 Å². The third-order valence-corrected chi connectivity index (χ3v) is 4.28. The van der Waals surface area contributed by atoms with Gasteiger partial charge in [0.2, 0.25) is 0 Å². The highest BCUT2D eigenvalue weighted by Crippen LogP contribution is 2.19. The van der Waals surface area contributed by atoms with Crippen LogP contribution in [0.15, 0.2) is 77.9 Å². The van der Waals surface area contributed by atoms with Crippen LogP contribution in [0.3, 0.4) is 0 Å². The Morgan fingerprint density at radius 2 is 1.77 bits per heavy atom. The normalized spacial score (nSPS) is 10.6. The number of carbonyl (C=O) groups is 2. The van der Waals surface area contributed by atoms with E-state index >= 15 is 0 Å². The van der Waals surface area contributed by atoms with Gasteiger partial charge in [0.1, 0.15) is 11.5 Å². The molecule has 0 fully saturated rings. The molecule has 0 aliphatic heterocycles. The third kappa shape index (κ3) is 6.18. The van der Waals surface area contributed by atoms with Crippen molar-refractivity contribution in [2.24, 2.45) is 5.10 Å². The van der Waals surface area contributed by atoms with Crippen LogP contribution in [0, 0.1) is 6.92 Å². The fourth-order valence-corrected chi connectivity index (χ4v) is 2.69. The summed E-state index contributed by atoms with van der Waals surface area (Å²) in [6.07, 6.45) is 1.48. The molecule has 0 aliphatic rings. The van der Waals surface area contributed by atoms with Crippen molar-refractivity contribution in [3.63, 3.8) is 0 Å². The second kappa shape index (κ2) is 10.2. The van der Waals surface area contributed by atoms with Gasteiger partial charge >= 0.3 is 5.97 Å². The summed E-state index contributed by atoms with van der Waals surface area (Å²) in [4.78, 5) is 24.0. The number of amides is 1. The maximum Gasteiger partial charge on any atom is 0.345 e. The van der Waals surface area contributed by atoms with Gasteiger partial charge in [-0.05, 0) is 66.6 Å². The molecule has 0 spiro atoms. The maximum atomic E-state index is 12.2. The molecule has 1 N–H and O–H groups in total. The van der Waals surface area contributed by atoms with Gasteiger partial charge in [-0.2, -0.15) is 5.10 Å². The van der Waals surface area contributed by atoms with E-state index in [1.165, 1.54) is 6.21 Å². The van der Waals surface area contributed by atoms with E-state index in [0.29, 0.717) is 27.6 Å². The summed E-state index contributed by atoms with van der Waals surface area (Å²) in [5.41, 5.74) is 4.45. The highest BCUT2D eigenvalue weighted by atomic mass is 35.5. The molecule has 0 radical (unpaired) electrons. The molecule has 6 nitrogen and oxygen atoms in total. The van der Waals surface area contributed by atoms with Crippen molar-refractivity contribution < 1.29 is 19.1 Å². The molecule has 0 atom stereocenters. The first-order valence-corrected chi connectivity index (χ1v) is 9.47. The van der Waals surface area contributed by atoms with E-state index in [-0.39, 0.29) is 12.5 Å². The van der Waals surface area contributed by atoms with Crippen molar-refractivity contribution in [2.75, 3.05) is 6.61 Å². The predicted octanol–water partition coefficient (Wildman–Crippen LogP) is 4.40. The average Bonchev–Trinajstić information content (AvgIpc) is 2.74. The van der Waals surface area contributed by atoms with Crippen molar-refractivity contribution >= 4 is 29.7 Å². The topological polar surface area (TPSA) is 77.0 Å². The molecule has 0 saturated carbocycles. The molecular formula is C23H19ClN2O4. The summed E-state index contributed by atoms with van der Waals surface area (Å²) < 4.78 is 10.7. The van der Waals surface area contributed by atoms with E-state index in [2.05, 4.69) is 10.5 Å². The van der Waals surface area contributed by atoms with Crippen molar-refractivity contribution in [3.8, 4) is 11.5 Å². The summed E-state index contributed by atoms with van der Waals surface area (Å²) >= 11 is 6.00. The molecular weight excluding hydrogens is 404 g/mol. The summed E-state index contributed by atoms with van der Waals surface area (Å²) in [6, 6.07) is 20.7. The minimum atomic E-state index is -0.539. The van der Waals surface area contributed by atoms with Crippen LogP contribution in [-0.2, 0) is 4.79 Å². The van der Waals surface area contributed by atoms with Crippen molar-refractivity contribution in [2.45, 2.75) is 6.92 Å². The van der Waals surface area contributed by atoms with Gasteiger partial charge in [0.25, 0.3) is 5.91 Å². The van der Waals surface area contributed by atoms with Gasteiger partial charge in [-0.25, -0.2) is 10.2 Å². The Bertz CT molecular complexity index is 1060. The fraction of sp³-hybridized carbons (Fsp3) is 0.0870. The molecule has 3 aromatic carbocycles. The van der Waals surface area contributed by atoms with E-state index in [1.54, 1.807) is 54.6 Å². The van der Waals surface area contributed by atoms with Crippen LogP contribution >= 0.6 is 11.6 Å². The molecule has 7 heteroatoms. The van der Waals surface area contributed by atoms with Gasteiger partial charge in [-0.15, -0.1) is 0 Å². The number of hydrazone groups is 1. The number of carbonyl (C=O) groups excluding carboxylic acids is 2. The Kier molecular flexibility index (Phi) is 7.19. The standard InChI is InChI=1S/C23H19ClN2O4/c1-16-5-4-6-19(13-16)29-15-22(27)26-25-14-17-9-11-18(12-10-17)30-23(28)20-7-2-3-8-21(20)24/h2-14H,15H2,1H3,(H,26,27). The molecule has 0 bridgehead atoms. The lowest BCUT2D eigenvalue weighted by Gasteiger charge is -2.06. The number of hydrogen-bond donors (Lipinski definition) is 1. The zero-order chi connectivity index (χ0) is 21.3. The SMILES string of the molecule is Cc1cccc(OCC(=O)NN=Cc2ccc(OC(=O)c3ccccc3Cl)cc2)c1. The minimum absolute atomic E-state index is 0.141. The second-order valence-corrected chi connectivity index (χ2v) is 6.74. The molecule has 3 aromatic rings. The van der Waals surface area contributed by atoms with Gasteiger partial charge in [-0.3, -0.25) is 4.79 Å². The number of esters is 1. The summed E-state index contributed by atoms with van der Waals surface area (Å²) in [5, 5.41) is 4.22. The largest absolute Gasteiger partial charge is 0.484 e. The van der Waals surface area contributed by atoms with E-state index in [0.717, 1.165) is 5.56 Å². The first kappa shape index (κ1) is 21.1. The lowest BCUT2D eigenvalue weighted by atomic mass is 10.2. The van der Waals surface area contributed by atoms with E-state index in [1.807, 2.05) is 25.1 Å². The smallest absolute Gasteiger partial charge is 0.345 e. The van der Waals surface area contributed by atoms with E-state index in [4.69, 9.17) is 21.1 Å². The first-order valence-electron chi connectivity index (χ1n) is 9.09. The van der Waals surface area contributed by atoms with Gasteiger partial charge < -0.3 is 9.47 Å². The number of ether oxygens (including phenoxy) is 2. The summed E-state index contributed by atoms with van der Waals surface area (Å²) in [6.45, 7) is 1.80. The fourth-order valence-electron chi connectivity index (χ4n) is 2.48. The molecule has 152 valence electrons. The van der Waals surface area contributed by atoms with Crippen LogP contribution < -0.4 is 14.9 Å². The Morgan fingerprint density at radius 3 is 2.50 bits per heavy atom. The van der Waals surface area contributed by atoms with Crippen LogP contribution in [0.2, 0.25) is 5.02 Å². The quantitative estimate of drug-likeness (QED) is 0.265. The lowest BCUT2D eigenvalue weighted by Crippen LogP contribution is -2.24. The molecule has 0 saturated heterocycles. The maximum absolute atomic E-state index is 12.2. The van der Waals surface area contributed by atoms with Crippen molar-refractivity contribution in [1.82, 2.24) is 5.43 Å². The summed E-state index contributed by atoms with van der Waals surface area (Å²) in [5.74, 6) is 0.0738. The van der Waals surface area contributed by atoms with Gasteiger partial charge in [-0.1, -0.05) is 35.9 Å². The van der Waals surface area contributed by atoms with Gasteiger partial charge in [0.05, 0.1) is 16.8 Å². The first-order chi connectivity index (χ1) is 14.5. The Balaban J connectivity index is 1.48. The molecule has 0 aliphatic carbocycles. The lowest BCUT2D eigenvalue weighted by molar-refractivity contribution is -0.123. The number of nitrogens with zero attached hydrogens (tertiary/aromatic N) is 1. The van der Waals surface area contributed by atoms with Crippen LogP contribution in [0.25, 0.3) is 0 Å². The number of rotatable bonds is 7. The Labute approximate surface area is 179 Å². The molecule has 0 heterocycles. The molecule has 0 aromatic heterocycles. The van der Waals surface area contributed by atoms with Gasteiger partial charge in [0, 0.05) is 0 Å². The zero-order valence-electron chi connectivity index (χ0n) is 16.2. The van der Waals surface area contributed by atoms with Gasteiger partial charge in [0.15, 0.2) is 6.61 Å². The number of nitrogens with one attached hydrogen (secondary N) is 1. The predicted molar refractivity (Wildman–Crippen MR) is 115 cm³/mol. The van der Waals surface area contributed by atoms with Crippen LogP contribution in [0.5, 0.6) is 11.5 Å². The zero-order valence-corrected chi connectivity index (χ0v) is 16.9. The molecule has 30 heavy (non-hydrogen) atoms. The van der Waals surface area contributed by atoms with E-state index < -0.39 is 5.97 Å². The Morgan fingerprint density at radius 1 is 1.00 bits per heavy atom. The van der Waals surface area contributed by atoms with Crippen molar-refractivity contribution in [1.29, 1.82) is 0 Å². The summed E-state index contributed by atoms with van der Waals surface area (Å²) in [7, 11) is 0. The van der Waals surface area contributed by atoms with Crippen LogP contribution in [0.1, 0.15) is 21.5 Å². The van der Waals surface area contributed by atoms with Crippen molar-refractivity contribution in [3.05, 3.63) is 94.5 Å². The third-order valence-electron chi connectivity index (χ3n) is 3.95. The molecule has 3 rings (SSSR count). The molecule has 0 unspecified atom stereocenters. The highest BCUT2D eigenvalue weighted by Gasteiger charge is 2.11. The minimum Gasteiger partial charge on any atom is -0.484 e. The number of aryl methyl sites for hydroxylation is 1. The second-order valence-electron chi connectivity index (χ2n) is 6.34. The number of benzene rings is 3. The highest BCUT2D eigenvalue weighted by molar-refractivity contribution is 6.33.